The first-order valence-electron chi connectivity index (χ1n) is 9.36. The molecule has 2 aliphatic rings. The molecule has 1 amide bonds. The number of nitrogens with one attached hydrogen (secondary N) is 1. The monoisotopic (exact) mass is 410 g/mol. The molecule has 1 aliphatic heterocycles. The Morgan fingerprint density at radius 1 is 1.18 bits per heavy atom. The zero-order chi connectivity index (χ0) is 20.5. The molecule has 0 aromatic heterocycles. The van der Waals surface area contributed by atoms with Crippen molar-refractivity contribution in [3.8, 4) is 5.75 Å². The lowest BCUT2D eigenvalue weighted by Crippen LogP contribution is -2.46. The van der Waals surface area contributed by atoms with Crippen LogP contribution in [0.4, 0.5) is 5.69 Å². The second kappa shape index (κ2) is 8.08. The zero-order valence-electron chi connectivity index (χ0n) is 16.3. The molecule has 1 aromatic rings. The van der Waals surface area contributed by atoms with Crippen LogP contribution in [0.25, 0.3) is 0 Å². The standard InChI is InChI=1S/C19H26N2O6S/c1-12(22)20-15-11-14(8-9-18(15)26-2)28(24,25)21-16-7-5-4-6-13(16)10-17(21)19(23)27-3/h8-9,11,13,16-17H,4-7,10H2,1-3H3,(H,20,22)/t13-,16-,17+/m1/s1. The van der Waals surface area contributed by atoms with Crippen molar-refractivity contribution in [2.45, 2.75) is 56.0 Å². The maximum Gasteiger partial charge on any atom is 0.324 e. The van der Waals surface area contributed by atoms with Gasteiger partial charge in [-0.3, -0.25) is 9.59 Å². The predicted molar refractivity (Wildman–Crippen MR) is 102 cm³/mol. The Balaban J connectivity index is 2.04. The van der Waals surface area contributed by atoms with Crippen LogP contribution in [-0.4, -0.2) is 50.9 Å². The van der Waals surface area contributed by atoms with Crippen LogP contribution >= 0.6 is 0 Å². The Bertz CT molecular complexity index is 869. The highest BCUT2D eigenvalue weighted by Gasteiger charge is 2.51. The molecule has 2 fully saturated rings. The Kier molecular flexibility index (Phi) is 5.95. The molecule has 8 nitrogen and oxygen atoms in total. The third-order valence-corrected chi connectivity index (χ3v) is 7.49. The number of carbonyl (C=O) groups excluding carboxylic acids is 2. The van der Waals surface area contributed by atoms with Crippen LogP contribution in [0, 0.1) is 5.92 Å². The number of sulfonamides is 1. The van der Waals surface area contributed by atoms with E-state index in [2.05, 4.69) is 5.32 Å². The van der Waals surface area contributed by atoms with Gasteiger partial charge in [0, 0.05) is 13.0 Å². The van der Waals surface area contributed by atoms with Crippen LogP contribution in [0.2, 0.25) is 0 Å². The van der Waals surface area contributed by atoms with Gasteiger partial charge in [-0.2, -0.15) is 4.31 Å². The normalized spacial score (nSPS) is 25.0. The number of nitrogens with zero attached hydrogens (tertiary/aromatic N) is 1. The molecule has 1 N–H and O–H groups in total. The molecule has 3 rings (SSSR count). The second-order valence-electron chi connectivity index (χ2n) is 7.26. The summed E-state index contributed by atoms with van der Waals surface area (Å²) in [6.45, 7) is 1.33. The molecule has 9 heteroatoms. The van der Waals surface area contributed by atoms with Crippen molar-refractivity contribution in [2.24, 2.45) is 5.92 Å². The fourth-order valence-corrected chi connectivity index (χ4v) is 6.25. The van der Waals surface area contributed by atoms with Gasteiger partial charge in [-0.15, -0.1) is 0 Å². The maximum atomic E-state index is 13.5. The smallest absolute Gasteiger partial charge is 0.324 e. The first kappa shape index (κ1) is 20.6. The van der Waals surface area contributed by atoms with Gasteiger partial charge in [0.25, 0.3) is 0 Å². The molecule has 3 atom stereocenters. The van der Waals surface area contributed by atoms with Crippen LogP contribution in [0.3, 0.4) is 0 Å². The van der Waals surface area contributed by atoms with E-state index in [1.54, 1.807) is 0 Å². The highest BCUT2D eigenvalue weighted by Crippen LogP contribution is 2.43. The largest absolute Gasteiger partial charge is 0.495 e. The lowest BCUT2D eigenvalue weighted by molar-refractivity contribution is -0.144. The van der Waals surface area contributed by atoms with Crippen LogP contribution < -0.4 is 10.1 Å². The van der Waals surface area contributed by atoms with Crippen molar-refractivity contribution in [2.75, 3.05) is 19.5 Å². The summed E-state index contributed by atoms with van der Waals surface area (Å²) in [7, 11) is -1.26. The van der Waals surface area contributed by atoms with Gasteiger partial charge in [-0.05, 0) is 43.4 Å². The third kappa shape index (κ3) is 3.73. The van der Waals surface area contributed by atoms with Gasteiger partial charge in [0.05, 0.1) is 24.8 Å². The highest BCUT2D eigenvalue weighted by molar-refractivity contribution is 7.89. The average Bonchev–Trinajstić information content (AvgIpc) is 3.07. The second-order valence-corrected chi connectivity index (χ2v) is 9.11. The van der Waals surface area contributed by atoms with E-state index in [-0.39, 0.29) is 28.4 Å². The Labute approximate surface area is 165 Å². The van der Waals surface area contributed by atoms with E-state index < -0.39 is 22.0 Å². The minimum absolute atomic E-state index is 0.0113. The van der Waals surface area contributed by atoms with Crippen LogP contribution in [-0.2, 0) is 24.3 Å². The molecule has 0 radical (unpaired) electrons. The number of amides is 1. The van der Waals surface area contributed by atoms with Crippen molar-refractivity contribution in [1.82, 2.24) is 4.31 Å². The number of methoxy groups -OCH3 is 2. The van der Waals surface area contributed by atoms with Crippen molar-refractivity contribution in [1.29, 1.82) is 0 Å². The quantitative estimate of drug-likeness (QED) is 0.747. The van der Waals surface area contributed by atoms with Crippen LogP contribution in [0.5, 0.6) is 5.75 Å². The van der Waals surface area contributed by atoms with Gasteiger partial charge in [0.2, 0.25) is 15.9 Å². The summed E-state index contributed by atoms with van der Waals surface area (Å²) in [6.07, 6.45) is 4.08. The maximum absolute atomic E-state index is 13.5. The molecule has 28 heavy (non-hydrogen) atoms. The summed E-state index contributed by atoms with van der Waals surface area (Å²) in [5, 5.41) is 2.59. The number of anilines is 1. The number of rotatable bonds is 5. The summed E-state index contributed by atoms with van der Waals surface area (Å²) in [4.78, 5) is 23.8. The average molecular weight is 410 g/mol. The van der Waals surface area contributed by atoms with Gasteiger partial charge in [0.1, 0.15) is 11.8 Å². The van der Waals surface area contributed by atoms with Gasteiger partial charge in [0.15, 0.2) is 0 Å². The molecule has 1 heterocycles. The summed E-state index contributed by atoms with van der Waals surface area (Å²) >= 11 is 0. The topological polar surface area (TPSA) is 102 Å². The van der Waals surface area contributed by atoms with Crippen molar-refractivity contribution < 1.29 is 27.5 Å². The summed E-state index contributed by atoms with van der Waals surface area (Å²) in [5.74, 6) is -0.362. The molecule has 0 spiro atoms. The molecule has 1 aromatic carbocycles. The number of fused-ring (bicyclic) bond motifs is 1. The van der Waals surface area contributed by atoms with Gasteiger partial charge >= 0.3 is 5.97 Å². The minimum atomic E-state index is -3.97. The first-order chi connectivity index (χ1) is 13.3. The van der Waals surface area contributed by atoms with Crippen LogP contribution in [0.1, 0.15) is 39.0 Å². The van der Waals surface area contributed by atoms with E-state index in [1.165, 1.54) is 43.6 Å². The molecule has 0 unspecified atom stereocenters. The van der Waals surface area contributed by atoms with Gasteiger partial charge < -0.3 is 14.8 Å². The number of carbonyl (C=O) groups is 2. The fourth-order valence-electron chi connectivity index (χ4n) is 4.36. The van der Waals surface area contributed by atoms with E-state index in [1.807, 2.05) is 0 Å². The molecule has 0 bridgehead atoms. The van der Waals surface area contributed by atoms with Crippen molar-refractivity contribution >= 4 is 27.6 Å². The molecular formula is C19H26N2O6S. The van der Waals surface area contributed by atoms with Gasteiger partial charge in [-0.1, -0.05) is 12.8 Å². The molecule has 1 saturated heterocycles. The van der Waals surface area contributed by atoms with Crippen LogP contribution in [0.15, 0.2) is 23.1 Å². The number of ether oxygens (including phenoxy) is 2. The summed E-state index contributed by atoms with van der Waals surface area (Å²) in [5.41, 5.74) is 0.269. The number of esters is 1. The Morgan fingerprint density at radius 3 is 2.54 bits per heavy atom. The fraction of sp³-hybridized carbons (Fsp3) is 0.579. The number of hydrogen-bond donors (Lipinski definition) is 1. The lowest BCUT2D eigenvalue weighted by atomic mass is 9.85. The predicted octanol–water partition coefficient (Wildman–Crippen LogP) is 2.15. The minimum Gasteiger partial charge on any atom is -0.495 e. The van der Waals surface area contributed by atoms with E-state index in [4.69, 9.17) is 9.47 Å². The number of hydrogen-bond acceptors (Lipinski definition) is 6. The molecule has 154 valence electrons. The summed E-state index contributed by atoms with van der Waals surface area (Å²) < 4.78 is 38.5. The van der Waals surface area contributed by atoms with Crippen molar-refractivity contribution in [3.05, 3.63) is 18.2 Å². The zero-order valence-corrected chi connectivity index (χ0v) is 17.1. The van der Waals surface area contributed by atoms with E-state index in [0.717, 1.165) is 25.7 Å². The first-order valence-corrected chi connectivity index (χ1v) is 10.8. The van der Waals surface area contributed by atoms with Gasteiger partial charge in [-0.25, -0.2) is 8.42 Å². The van der Waals surface area contributed by atoms with E-state index in [9.17, 15) is 18.0 Å². The Hall–Kier alpha value is -2.13. The molecular weight excluding hydrogens is 384 g/mol. The molecule has 1 aliphatic carbocycles. The summed E-state index contributed by atoms with van der Waals surface area (Å²) in [6, 6.07) is 3.27. The van der Waals surface area contributed by atoms with E-state index in [0.29, 0.717) is 12.2 Å². The number of benzene rings is 1. The molecule has 1 saturated carbocycles. The lowest BCUT2D eigenvalue weighted by Gasteiger charge is -2.32. The highest BCUT2D eigenvalue weighted by atomic mass is 32.2. The van der Waals surface area contributed by atoms with Crippen molar-refractivity contribution in [3.63, 3.8) is 0 Å². The van der Waals surface area contributed by atoms with E-state index >= 15 is 0 Å². The Morgan fingerprint density at radius 2 is 1.89 bits per heavy atom. The third-order valence-electron chi connectivity index (χ3n) is 5.56. The SMILES string of the molecule is COC(=O)[C@@H]1C[C@H]2CCCC[C@H]2N1S(=O)(=O)c1ccc(OC)c(NC(C)=O)c1.